The lowest BCUT2D eigenvalue weighted by molar-refractivity contribution is -0.132. The summed E-state index contributed by atoms with van der Waals surface area (Å²) in [7, 11) is 0. The van der Waals surface area contributed by atoms with Crippen molar-refractivity contribution in [3.05, 3.63) is 0 Å². The van der Waals surface area contributed by atoms with Crippen LogP contribution < -0.4 is 5.32 Å². The van der Waals surface area contributed by atoms with Crippen molar-refractivity contribution in [2.24, 2.45) is 5.92 Å². The summed E-state index contributed by atoms with van der Waals surface area (Å²) in [5.41, 5.74) is 0. The van der Waals surface area contributed by atoms with Gasteiger partial charge in [-0.05, 0) is 44.6 Å². The topological polar surface area (TPSA) is 52.7 Å². The molecule has 2 aliphatic heterocycles. The molecular weight excluding hydrogens is 302 g/mol. The molecule has 0 saturated carbocycles. The fourth-order valence-corrected chi connectivity index (χ4v) is 3.83. The summed E-state index contributed by atoms with van der Waals surface area (Å²) in [6.45, 7) is 8.72. The van der Waals surface area contributed by atoms with Gasteiger partial charge in [0.2, 0.25) is 11.8 Å². The van der Waals surface area contributed by atoms with Gasteiger partial charge in [0, 0.05) is 45.1 Å². The first-order valence-corrected chi connectivity index (χ1v) is 9.85. The standard InChI is InChI=1S/C19H35N3O2/c1-16(2)14-19(24)22-11-6-4-9-20-18(23)15-17-8-3-5-10-21(17)12-7-13-22/h16-17H,3-15H2,1-2H3,(H,20,23). The third kappa shape index (κ3) is 6.42. The van der Waals surface area contributed by atoms with Gasteiger partial charge in [0.1, 0.15) is 0 Å². The molecule has 2 amide bonds. The lowest BCUT2D eigenvalue weighted by atomic mass is 9.98. The van der Waals surface area contributed by atoms with Crippen LogP contribution in [0.5, 0.6) is 0 Å². The Labute approximate surface area is 147 Å². The Morgan fingerprint density at radius 1 is 1.08 bits per heavy atom. The number of rotatable bonds is 2. The molecule has 2 fully saturated rings. The molecule has 0 bridgehead atoms. The maximum Gasteiger partial charge on any atom is 0.222 e. The molecule has 0 aliphatic carbocycles. The van der Waals surface area contributed by atoms with Gasteiger partial charge in [0.05, 0.1) is 0 Å². The van der Waals surface area contributed by atoms with Crippen LogP contribution in [0.15, 0.2) is 0 Å². The van der Waals surface area contributed by atoms with Crippen LogP contribution in [0.3, 0.4) is 0 Å². The minimum absolute atomic E-state index is 0.193. The zero-order valence-electron chi connectivity index (χ0n) is 15.6. The van der Waals surface area contributed by atoms with E-state index in [1.54, 1.807) is 0 Å². The number of amides is 2. The van der Waals surface area contributed by atoms with E-state index in [1.165, 1.54) is 12.8 Å². The van der Waals surface area contributed by atoms with Crippen LogP contribution in [0.1, 0.15) is 65.2 Å². The fourth-order valence-electron chi connectivity index (χ4n) is 3.83. The van der Waals surface area contributed by atoms with E-state index in [0.717, 1.165) is 58.4 Å². The van der Waals surface area contributed by atoms with Gasteiger partial charge in [-0.15, -0.1) is 0 Å². The van der Waals surface area contributed by atoms with E-state index in [2.05, 4.69) is 29.0 Å². The van der Waals surface area contributed by atoms with E-state index in [0.29, 0.717) is 30.7 Å². The minimum Gasteiger partial charge on any atom is -0.356 e. The van der Waals surface area contributed by atoms with Gasteiger partial charge >= 0.3 is 0 Å². The van der Waals surface area contributed by atoms with Crippen LogP contribution in [0.25, 0.3) is 0 Å². The Balaban J connectivity index is 1.95. The highest BCUT2D eigenvalue weighted by Crippen LogP contribution is 2.20. The quantitative estimate of drug-likeness (QED) is 0.842. The van der Waals surface area contributed by atoms with Crippen molar-refractivity contribution in [2.45, 2.75) is 71.3 Å². The molecule has 5 heteroatoms. The number of carbonyl (C=O) groups is 2. The zero-order chi connectivity index (χ0) is 17.4. The summed E-state index contributed by atoms with van der Waals surface area (Å²) in [5, 5.41) is 3.06. The van der Waals surface area contributed by atoms with Crippen molar-refractivity contribution < 1.29 is 9.59 Å². The highest BCUT2D eigenvalue weighted by atomic mass is 16.2. The molecule has 2 heterocycles. The molecule has 2 rings (SSSR count). The van der Waals surface area contributed by atoms with E-state index in [9.17, 15) is 9.59 Å². The molecule has 138 valence electrons. The minimum atomic E-state index is 0.193. The fraction of sp³-hybridized carbons (Fsp3) is 0.895. The molecule has 0 aromatic heterocycles. The molecule has 1 N–H and O–H groups in total. The summed E-state index contributed by atoms with van der Waals surface area (Å²) in [6, 6.07) is 0.388. The van der Waals surface area contributed by atoms with Crippen LogP contribution in [0.2, 0.25) is 0 Å². The average molecular weight is 338 g/mol. The summed E-state index contributed by atoms with van der Waals surface area (Å²) in [4.78, 5) is 29.1. The maximum absolute atomic E-state index is 12.5. The summed E-state index contributed by atoms with van der Waals surface area (Å²) >= 11 is 0. The van der Waals surface area contributed by atoms with Gasteiger partial charge < -0.3 is 10.2 Å². The van der Waals surface area contributed by atoms with E-state index >= 15 is 0 Å². The molecule has 0 radical (unpaired) electrons. The largest absolute Gasteiger partial charge is 0.356 e. The zero-order valence-corrected chi connectivity index (χ0v) is 15.6. The lowest BCUT2D eigenvalue weighted by Gasteiger charge is -2.36. The number of hydrogen-bond donors (Lipinski definition) is 1. The second-order valence-corrected chi connectivity index (χ2v) is 7.78. The highest BCUT2D eigenvalue weighted by molar-refractivity contribution is 5.77. The molecular formula is C19H35N3O2. The van der Waals surface area contributed by atoms with Crippen LogP contribution in [0.4, 0.5) is 0 Å². The first-order valence-electron chi connectivity index (χ1n) is 9.85. The SMILES string of the molecule is CC(C)CC(=O)N1CCCCNC(=O)CC2CCCCN2CCC1. The normalized spacial score (nSPS) is 25.2. The molecule has 1 unspecified atom stereocenters. The first-order chi connectivity index (χ1) is 11.6. The molecule has 5 nitrogen and oxygen atoms in total. The highest BCUT2D eigenvalue weighted by Gasteiger charge is 2.25. The third-order valence-electron chi connectivity index (χ3n) is 5.16. The Bertz CT molecular complexity index is 411. The molecule has 0 spiro atoms. The second kappa shape index (κ2) is 10.0. The van der Waals surface area contributed by atoms with E-state index in [4.69, 9.17) is 0 Å². The molecule has 0 aromatic rings. The molecule has 2 saturated heterocycles. The van der Waals surface area contributed by atoms with Crippen molar-refractivity contribution in [2.75, 3.05) is 32.7 Å². The number of carbonyl (C=O) groups excluding carboxylic acids is 2. The monoisotopic (exact) mass is 337 g/mol. The van der Waals surface area contributed by atoms with Crippen LogP contribution >= 0.6 is 0 Å². The predicted molar refractivity (Wildman–Crippen MR) is 96.7 cm³/mol. The Kier molecular flexibility index (Phi) is 8.03. The number of nitrogens with zero attached hydrogens (tertiary/aromatic N) is 2. The van der Waals surface area contributed by atoms with Crippen molar-refractivity contribution in [1.82, 2.24) is 15.1 Å². The Morgan fingerprint density at radius 2 is 1.79 bits per heavy atom. The third-order valence-corrected chi connectivity index (χ3v) is 5.16. The number of nitrogens with one attached hydrogen (secondary N) is 1. The molecule has 0 aromatic carbocycles. The number of piperidine rings is 1. The van der Waals surface area contributed by atoms with Gasteiger partial charge in [0.15, 0.2) is 0 Å². The van der Waals surface area contributed by atoms with Gasteiger partial charge in [-0.3, -0.25) is 14.5 Å². The Morgan fingerprint density at radius 3 is 2.58 bits per heavy atom. The van der Waals surface area contributed by atoms with Gasteiger partial charge in [-0.1, -0.05) is 20.3 Å². The smallest absolute Gasteiger partial charge is 0.222 e. The van der Waals surface area contributed by atoms with Crippen molar-refractivity contribution in [3.8, 4) is 0 Å². The first kappa shape index (κ1) is 19.2. The van der Waals surface area contributed by atoms with Gasteiger partial charge in [-0.25, -0.2) is 0 Å². The van der Waals surface area contributed by atoms with Crippen LogP contribution in [-0.4, -0.2) is 60.4 Å². The van der Waals surface area contributed by atoms with Crippen LogP contribution in [-0.2, 0) is 9.59 Å². The molecule has 24 heavy (non-hydrogen) atoms. The van der Waals surface area contributed by atoms with Crippen molar-refractivity contribution in [3.63, 3.8) is 0 Å². The summed E-state index contributed by atoms with van der Waals surface area (Å²) in [5.74, 6) is 0.894. The summed E-state index contributed by atoms with van der Waals surface area (Å²) < 4.78 is 0. The van der Waals surface area contributed by atoms with E-state index in [1.807, 2.05) is 0 Å². The predicted octanol–water partition coefficient (Wildman–Crippen LogP) is 2.41. The van der Waals surface area contributed by atoms with E-state index in [-0.39, 0.29) is 5.91 Å². The maximum atomic E-state index is 12.5. The van der Waals surface area contributed by atoms with Gasteiger partial charge in [0.25, 0.3) is 0 Å². The second-order valence-electron chi connectivity index (χ2n) is 7.78. The molecule has 2 aliphatic rings. The summed E-state index contributed by atoms with van der Waals surface area (Å²) in [6.07, 6.45) is 7.80. The van der Waals surface area contributed by atoms with Crippen LogP contribution in [0, 0.1) is 5.92 Å². The van der Waals surface area contributed by atoms with Crippen molar-refractivity contribution >= 4 is 11.8 Å². The lowest BCUT2D eigenvalue weighted by Crippen LogP contribution is -2.44. The van der Waals surface area contributed by atoms with E-state index < -0.39 is 0 Å². The van der Waals surface area contributed by atoms with Crippen molar-refractivity contribution in [1.29, 1.82) is 0 Å². The average Bonchev–Trinajstić information content (AvgIpc) is 2.54. The molecule has 1 atom stereocenters. The number of hydrogen-bond acceptors (Lipinski definition) is 3. The Hall–Kier alpha value is -1.10. The number of fused-ring (bicyclic) bond motifs is 1. The van der Waals surface area contributed by atoms with Gasteiger partial charge in [-0.2, -0.15) is 0 Å².